The van der Waals surface area contributed by atoms with E-state index in [0.29, 0.717) is 0 Å². The topological polar surface area (TPSA) is 60.4 Å². The van der Waals surface area contributed by atoms with Gasteiger partial charge < -0.3 is 10.6 Å². The third-order valence-electron chi connectivity index (χ3n) is 1.76. The molecule has 1 aliphatic rings. The Balaban J connectivity index is 2.39. The van der Waals surface area contributed by atoms with Gasteiger partial charge in [-0.3, -0.25) is 4.79 Å². The van der Waals surface area contributed by atoms with E-state index in [1.807, 2.05) is 0 Å². The zero-order valence-corrected chi connectivity index (χ0v) is 6.79. The van der Waals surface area contributed by atoms with Crippen LogP contribution in [0.2, 0.25) is 0 Å². The van der Waals surface area contributed by atoms with E-state index in [4.69, 9.17) is 5.73 Å². The van der Waals surface area contributed by atoms with Crippen LogP contribution in [0, 0.1) is 0 Å². The summed E-state index contributed by atoms with van der Waals surface area (Å²) < 4.78 is 0. The Labute approximate surface area is 66.7 Å². The molecule has 1 fully saturated rings. The molecule has 0 unspecified atom stereocenters. The van der Waals surface area contributed by atoms with Gasteiger partial charge in [-0.15, -0.1) is 0 Å². The molecule has 4 heteroatoms. The molecular weight excluding hydrogens is 142 g/mol. The second-order valence-corrected chi connectivity index (χ2v) is 2.78. The fraction of sp³-hybridized carbons (Fsp3) is 0.857. The summed E-state index contributed by atoms with van der Waals surface area (Å²) in [6.07, 6.45) is 0. The summed E-state index contributed by atoms with van der Waals surface area (Å²) in [5, 5.41) is 4.13. The van der Waals surface area contributed by atoms with Crippen molar-refractivity contribution in [1.82, 2.24) is 10.2 Å². The Bertz CT molecular complexity index is 141. The van der Waals surface area contributed by atoms with Crippen LogP contribution in [0.15, 0.2) is 0 Å². The zero-order chi connectivity index (χ0) is 8.27. The first-order chi connectivity index (χ1) is 5.22. The Morgan fingerprint density at radius 2 is 2.09 bits per heavy atom. The lowest BCUT2D eigenvalue weighted by atomic mass is 10.2. The SMILES string of the molecule is C[C@H](N)C(=O)N1CC[N]CC1. The molecule has 0 saturated carbocycles. The summed E-state index contributed by atoms with van der Waals surface area (Å²) in [5.74, 6) is 0.0416. The molecule has 11 heavy (non-hydrogen) atoms. The van der Waals surface area contributed by atoms with E-state index in [1.165, 1.54) is 0 Å². The summed E-state index contributed by atoms with van der Waals surface area (Å²) in [6, 6.07) is -0.368. The van der Waals surface area contributed by atoms with Gasteiger partial charge in [0.1, 0.15) is 0 Å². The highest BCUT2D eigenvalue weighted by Crippen LogP contribution is 1.95. The van der Waals surface area contributed by atoms with Gasteiger partial charge in [0.05, 0.1) is 6.04 Å². The molecule has 63 valence electrons. The van der Waals surface area contributed by atoms with Crippen LogP contribution in [0.25, 0.3) is 0 Å². The second-order valence-electron chi connectivity index (χ2n) is 2.78. The van der Waals surface area contributed by atoms with E-state index in [2.05, 4.69) is 5.32 Å². The fourth-order valence-electron chi connectivity index (χ4n) is 1.11. The monoisotopic (exact) mass is 156 g/mol. The van der Waals surface area contributed by atoms with E-state index in [9.17, 15) is 4.79 Å². The summed E-state index contributed by atoms with van der Waals surface area (Å²) >= 11 is 0. The van der Waals surface area contributed by atoms with Crippen LogP contribution >= 0.6 is 0 Å². The van der Waals surface area contributed by atoms with Crippen LogP contribution in [-0.2, 0) is 4.79 Å². The zero-order valence-electron chi connectivity index (χ0n) is 6.79. The van der Waals surface area contributed by atoms with Gasteiger partial charge in [-0.1, -0.05) is 0 Å². The Hall–Kier alpha value is -0.610. The molecule has 0 spiro atoms. The number of rotatable bonds is 1. The van der Waals surface area contributed by atoms with Crippen molar-refractivity contribution in [2.75, 3.05) is 26.2 Å². The van der Waals surface area contributed by atoms with Crippen molar-refractivity contribution < 1.29 is 4.79 Å². The van der Waals surface area contributed by atoms with Crippen molar-refractivity contribution in [2.24, 2.45) is 5.73 Å². The van der Waals surface area contributed by atoms with Crippen LogP contribution in [0.4, 0.5) is 0 Å². The molecule has 1 heterocycles. The molecule has 1 radical (unpaired) electrons. The van der Waals surface area contributed by atoms with Gasteiger partial charge in [-0.05, 0) is 6.92 Å². The predicted molar refractivity (Wildman–Crippen MR) is 42.1 cm³/mol. The first-order valence-corrected chi connectivity index (χ1v) is 3.89. The van der Waals surface area contributed by atoms with Gasteiger partial charge in [0, 0.05) is 26.2 Å². The van der Waals surface area contributed by atoms with Crippen molar-refractivity contribution in [1.29, 1.82) is 0 Å². The highest BCUT2D eigenvalue weighted by Gasteiger charge is 2.18. The molecule has 0 bridgehead atoms. The van der Waals surface area contributed by atoms with E-state index in [1.54, 1.807) is 11.8 Å². The van der Waals surface area contributed by atoms with Gasteiger partial charge in [-0.2, -0.15) is 0 Å². The highest BCUT2D eigenvalue weighted by atomic mass is 16.2. The number of nitrogens with zero attached hydrogens (tertiary/aromatic N) is 2. The van der Waals surface area contributed by atoms with Crippen molar-refractivity contribution in [2.45, 2.75) is 13.0 Å². The summed E-state index contributed by atoms with van der Waals surface area (Å²) in [5.41, 5.74) is 5.44. The molecular formula is C7H14N3O. The van der Waals surface area contributed by atoms with Gasteiger partial charge in [0.2, 0.25) is 5.91 Å². The van der Waals surface area contributed by atoms with Gasteiger partial charge in [0.15, 0.2) is 0 Å². The van der Waals surface area contributed by atoms with Crippen LogP contribution < -0.4 is 11.1 Å². The lowest BCUT2D eigenvalue weighted by Gasteiger charge is -2.27. The minimum atomic E-state index is -0.368. The molecule has 0 aliphatic carbocycles. The van der Waals surface area contributed by atoms with Crippen LogP contribution in [0.5, 0.6) is 0 Å². The third kappa shape index (κ3) is 2.17. The number of nitrogens with two attached hydrogens (primary N) is 1. The molecule has 0 aromatic heterocycles. The fourth-order valence-corrected chi connectivity index (χ4v) is 1.11. The van der Waals surface area contributed by atoms with Crippen LogP contribution in [0.1, 0.15) is 6.92 Å². The van der Waals surface area contributed by atoms with Gasteiger partial charge in [0.25, 0.3) is 0 Å². The Morgan fingerprint density at radius 1 is 1.55 bits per heavy atom. The molecule has 1 rings (SSSR count). The van der Waals surface area contributed by atoms with E-state index < -0.39 is 0 Å². The number of amides is 1. The smallest absolute Gasteiger partial charge is 0.239 e. The van der Waals surface area contributed by atoms with Crippen molar-refractivity contribution >= 4 is 5.91 Å². The van der Waals surface area contributed by atoms with Gasteiger partial charge in [-0.25, -0.2) is 5.32 Å². The highest BCUT2D eigenvalue weighted by molar-refractivity contribution is 5.81. The number of carbonyl (C=O) groups excluding carboxylic acids is 1. The number of carbonyl (C=O) groups is 1. The normalized spacial score (nSPS) is 21.5. The lowest BCUT2D eigenvalue weighted by Crippen LogP contribution is -2.49. The number of hydrogen-bond acceptors (Lipinski definition) is 2. The molecule has 1 saturated heterocycles. The average Bonchev–Trinajstić information content (AvgIpc) is 2.05. The number of piperazine rings is 1. The van der Waals surface area contributed by atoms with E-state index in [-0.39, 0.29) is 11.9 Å². The second kappa shape index (κ2) is 3.69. The standard InChI is InChI=1S/C7H14N3O/c1-6(8)7(11)10-4-2-9-3-5-10/h6H,2-5,8H2,1H3/t6-/m0/s1. The maximum atomic E-state index is 11.3. The van der Waals surface area contributed by atoms with Crippen LogP contribution in [0.3, 0.4) is 0 Å². The maximum absolute atomic E-state index is 11.3. The van der Waals surface area contributed by atoms with E-state index in [0.717, 1.165) is 26.2 Å². The number of hydrogen-bond donors (Lipinski definition) is 1. The average molecular weight is 156 g/mol. The molecule has 0 aromatic carbocycles. The van der Waals surface area contributed by atoms with E-state index >= 15 is 0 Å². The molecule has 4 nitrogen and oxygen atoms in total. The van der Waals surface area contributed by atoms with Crippen molar-refractivity contribution in [3.8, 4) is 0 Å². The van der Waals surface area contributed by atoms with Gasteiger partial charge >= 0.3 is 0 Å². The molecule has 2 N–H and O–H groups in total. The summed E-state index contributed by atoms with van der Waals surface area (Å²) in [7, 11) is 0. The molecule has 0 aromatic rings. The first kappa shape index (κ1) is 8.49. The lowest BCUT2D eigenvalue weighted by molar-refractivity contribution is -0.132. The first-order valence-electron chi connectivity index (χ1n) is 3.89. The third-order valence-corrected chi connectivity index (χ3v) is 1.76. The molecule has 1 amide bonds. The Morgan fingerprint density at radius 3 is 2.55 bits per heavy atom. The van der Waals surface area contributed by atoms with Crippen molar-refractivity contribution in [3.05, 3.63) is 0 Å². The molecule has 1 atom stereocenters. The van der Waals surface area contributed by atoms with Crippen molar-refractivity contribution in [3.63, 3.8) is 0 Å². The predicted octanol–water partition coefficient (Wildman–Crippen LogP) is -1.22. The largest absolute Gasteiger partial charge is 0.339 e. The van der Waals surface area contributed by atoms with Crippen LogP contribution in [-0.4, -0.2) is 43.0 Å². The minimum Gasteiger partial charge on any atom is -0.339 e. The Kier molecular flexibility index (Phi) is 2.84. The quantitative estimate of drug-likeness (QED) is 0.517. The summed E-state index contributed by atoms with van der Waals surface area (Å²) in [6.45, 7) is 4.71. The maximum Gasteiger partial charge on any atom is 0.239 e. The minimum absolute atomic E-state index is 0.0416. The summed E-state index contributed by atoms with van der Waals surface area (Å²) in [4.78, 5) is 13.0. The molecule has 1 aliphatic heterocycles.